The second-order valence-corrected chi connectivity index (χ2v) is 4.88. The van der Waals surface area contributed by atoms with Crippen molar-refractivity contribution in [2.75, 3.05) is 5.32 Å². The molecule has 3 rings (SSSR count). The molecule has 1 nitrogen and oxygen atoms in total. The first-order valence-electron chi connectivity index (χ1n) is 4.66. The summed E-state index contributed by atoms with van der Waals surface area (Å²) in [5, 5.41) is 4.14. The van der Waals surface area contributed by atoms with E-state index in [1.165, 1.54) is 9.79 Å². The van der Waals surface area contributed by atoms with Crippen molar-refractivity contribution in [3.63, 3.8) is 0 Å². The van der Waals surface area contributed by atoms with Crippen LogP contribution in [-0.4, -0.2) is 0 Å². The maximum absolute atomic E-state index is 5.95. The summed E-state index contributed by atoms with van der Waals surface area (Å²) in [5.41, 5.74) is 2.24. The molecule has 0 spiro atoms. The van der Waals surface area contributed by atoms with Crippen molar-refractivity contribution in [2.45, 2.75) is 9.79 Å². The molecule has 2 aromatic rings. The minimum atomic E-state index is 0. The number of anilines is 2. The fourth-order valence-corrected chi connectivity index (χ4v) is 2.75. The molecular weight excluding hydrogens is 249 g/mol. The van der Waals surface area contributed by atoms with Crippen LogP contribution in [0, 0.1) is 0 Å². The minimum absolute atomic E-state index is 0. The number of hydrogen-bond donors (Lipinski definition) is 1. The molecule has 0 aromatic heterocycles. The van der Waals surface area contributed by atoms with Gasteiger partial charge in [0.05, 0.1) is 11.4 Å². The van der Waals surface area contributed by atoms with Crippen LogP contribution in [0.1, 0.15) is 1.43 Å². The Labute approximate surface area is 127 Å². The van der Waals surface area contributed by atoms with Crippen LogP contribution in [0.15, 0.2) is 52.3 Å². The fraction of sp³-hybridized carbons (Fsp3) is 0. The van der Waals surface area contributed by atoms with E-state index < -0.39 is 0 Å². The van der Waals surface area contributed by atoms with E-state index in [1.807, 2.05) is 24.3 Å². The number of rotatable bonds is 0. The van der Waals surface area contributed by atoms with Gasteiger partial charge in [0.2, 0.25) is 0 Å². The van der Waals surface area contributed by atoms with Gasteiger partial charge < -0.3 is 6.74 Å². The van der Waals surface area contributed by atoms with Crippen molar-refractivity contribution >= 4 is 34.7 Å². The van der Waals surface area contributed by atoms with Gasteiger partial charge in [0.15, 0.2) is 0 Å². The van der Waals surface area contributed by atoms with Gasteiger partial charge in [0.1, 0.15) is 0 Å². The van der Waals surface area contributed by atoms with Crippen molar-refractivity contribution in [1.29, 1.82) is 0 Å². The first-order valence-corrected chi connectivity index (χ1v) is 5.86. The molecule has 2 aromatic carbocycles. The number of nitrogens with one attached hydrogen (secondary N) is 1. The van der Waals surface area contributed by atoms with Gasteiger partial charge in [-0.2, -0.15) is 0 Å². The molecule has 1 aliphatic rings. The average molecular weight is 258 g/mol. The van der Waals surface area contributed by atoms with Crippen molar-refractivity contribution in [2.24, 2.45) is 0 Å². The Kier molecular flexibility index (Phi) is 3.88. The summed E-state index contributed by atoms with van der Waals surface area (Å²) in [6, 6.07) is 14.2. The van der Waals surface area contributed by atoms with Gasteiger partial charge in [0.25, 0.3) is 0 Å². The van der Waals surface area contributed by atoms with Crippen LogP contribution in [-0.2, 0) is 0 Å². The quantitative estimate of drug-likeness (QED) is 0.615. The number of benzene rings is 2. The number of halogens is 1. The Morgan fingerprint density at radius 2 is 1.75 bits per heavy atom. The van der Waals surface area contributed by atoms with Gasteiger partial charge in [-0.3, -0.25) is 0 Å². The van der Waals surface area contributed by atoms with E-state index in [9.17, 15) is 0 Å². The second-order valence-electron chi connectivity index (χ2n) is 3.36. The Hall–Kier alpha value is -0.120. The molecule has 0 atom stereocenters. The van der Waals surface area contributed by atoms with Crippen LogP contribution < -0.4 is 34.9 Å². The smallest absolute Gasteiger partial charge is 1.00 e. The summed E-state index contributed by atoms with van der Waals surface area (Å²) in [6.07, 6.45) is 0. The molecule has 0 fully saturated rings. The van der Waals surface area contributed by atoms with Crippen molar-refractivity contribution in [1.82, 2.24) is 0 Å². The van der Waals surface area contributed by atoms with Gasteiger partial charge >= 0.3 is 29.6 Å². The standard InChI is InChI=1S/C12H8ClNS.Na.H/c13-8-5-6-12-10(7-8)14-9-3-1-2-4-11(9)15-12;;/h1-7,14H;;/q;+1;-1. The van der Waals surface area contributed by atoms with E-state index in [2.05, 4.69) is 23.5 Å². The first-order chi connectivity index (χ1) is 7.33. The summed E-state index contributed by atoms with van der Waals surface area (Å²) < 4.78 is 0. The second kappa shape index (κ2) is 5.03. The summed E-state index contributed by atoms with van der Waals surface area (Å²) in [5.74, 6) is 0. The van der Waals surface area contributed by atoms with Crippen molar-refractivity contribution in [3.8, 4) is 0 Å². The van der Waals surface area contributed by atoms with Crippen molar-refractivity contribution < 1.29 is 31.0 Å². The zero-order valence-corrected chi connectivity index (χ0v) is 12.4. The monoisotopic (exact) mass is 257 g/mol. The van der Waals surface area contributed by atoms with Gasteiger partial charge in [0, 0.05) is 14.8 Å². The molecule has 16 heavy (non-hydrogen) atoms. The third-order valence-electron chi connectivity index (χ3n) is 2.32. The molecule has 1 N–H and O–H groups in total. The molecule has 76 valence electrons. The minimum Gasteiger partial charge on any atom is -1.00 e. The SMILES string of the molecule is Clc1ccc2c(c1)Nc1ccccc1S2.[H-].[Na+]. The van der Waals surface area contributed by atoms with Crippen LogP contribution in [0.4, 0.5) is 11.4 Å². The zero-order chi connectivity index (χ0) is 10.3. The van der Waals surface area contributed by atoms with Crippen LogP contribution in [0.3, 0.4) is 0 Å². The van der Waals surface area contributed by atoms with E-state index >= 15 is 0 Å². The van der Waals surface area contributed by atoms with Gasteiger partial charge in [-0.1, -0.05) is 35.5 Å². The maximum atomic E-state index is 5.95. The van der Waals surface area contributed by atoms with Crippen LogP contribution in [0.25, 0.3) is 0 Å². The predicted molar refractivity (Wildman–Crippen MR) is 66.4 cm³/mol. The molecule has 0 saturated carbocycles. The molecule has 0 saturated heterocycles. The third-order valence-corrected chi connectivity index (χ3v) is 3.70. The molecule has 0 unspecified atom stereocenters. The molecule has 1 heterocycles. The van der Waals surface area contributed by atoms with E-state index in [4.69, 9.17) is 11.6 Å². The van der Waals surface area contributed by atoms with Crippen LogP contribution >= 0.6 is 23.4 Å². The maximum Gasteiger partial charge on any atom is 1.00 e. The summed E-state index contributed by atoms with van der Waals surface area (Å²) in [6.45, 7) is 0. The summed E-state index contributed by atoms with van der Waals surface area (Å²) in [7, 11) is 0. The molecule has 0 aliphatic carbocycles. The Morgan fingerprint density at radius 3 is 2.62 bits per heavy atom. The van der Waals surface area contributed by atoms with Gasteiger partial charge in [-0.15, -0.1) is 0 Å². The van der Waals surface area contributed by atoms with Crippen LogP contribution in [0.5, 0.6) is 0 Å². The molecule has 0 amide bonds. The largest absolute Gasteiger partial charge is 1.00 e. The van der Waals surface area contributed by atoms with E-state index in [0.717, 1.165) is 16.4 Å². The zero-order valence-electron chi connectivity index (χ0n) is 9.83. The van der Waals surface area contributed by atoms with Crippen LogP contribution in [0.2, 0.25) is 5.02 Å². The fourth-order valence-electron chi connectivity index (χ4n) is 1.61. The average Bonchev–Trinajstić information content (AvgIpc) is 2.26. The van der Waals surface area contributed by atoms with E-state index in [1.54, 1.807) is 11.8 Å². The Balaban J connectivity index is 0.000000722. The van der Waals surface area contributed by atoms with E-state index in [-0.39, 0.29) is 31.0 Å². The number of hydrogen-bond acceptors (Lipinski definition) is 2. The molecule has 0 bridgehead atoms. The Bertz CT molecular complexity index is 536. The molecule has 0 radical (unpaired) electrons. The summed E-state index contributed by atoms with van der Waals surface area (Å²) in [4.78, 5) is 2.48. The van der Waals surface area contributed by atoms with Crippen molar-refractivity contribution in [3.05, 3.63) is 47.5 Å². The molecular formula is C12H9ClNNaS. The molecule has 1 aliphatic heterocycles. The normalized spacial score (nSPS) is 11.8. The summed E-state index contributed by atoms with van der Waals surface area (Å²) >= 11 is 7.72. The number of para-hydroxylation sites is 1. The van der Waals surface area contributed by atoms with E-state index in [0.29, 0.717) is 0 Å². The predicted octanol–water partition coefficient (Wildman–Crippen LogP) is 1.66. The first kappa shape index (κ1) is 12.3. The number of fused-ring (bicyclic) bond motifs is 2. The topological polar surface area (TPSA) is 12.0 Å². The Morgan fingerprint density at radius 1 is 1.00 bits per heavy atom. The van der Waals surface area contributed by atoms with Gasteiger partial charge in [-0.05, 0) is 30.3 Å². The van der Waals surface area contributed by atoms with Gasteiger partial charge in [-0.25, -0.2) is 0 Å². The molecule has 4 heteroatoms. The third kappa shape index (κ3) is 2.27.